The van der Waals surface area contributed by atoms with Crippen molar-refractivity contribution in [3.8, 4) is 5.75 Å². The fourth-order valence-corrected chi connectivity index (χ4v) is 0.868. The van der Waals surface area contributed by atoms with Gasteiger partial charge in [-0.05, 0) is 9.27 Å². The number of hydrogen-bond acceptors (Lipinski definition) is 3. The van der Waals surface area contributed by atoms with Crippen LogP contribution < -0.4 is 10.2 Å². The van der Waals surface area contributed by atoms with Gasteiger partial charge in [0.2, 0.25) is 0 Å². The molecule has 1 N–H and O–H groups in total. The van der Waals surface area contributed by atoms with Gasteiger partial charge in [-0.3, -0.25) is 0 Å². The average molecular weight is 202 g/mol. The predicted molar refractivity (Wildman–Crippen MR) is 41.7 cm³/mol. The Balaban J connectivity index is 3.34. The number of carbonyl (C=O) groups is 1. The number of carbonyl (C=O) groups excluding carboxylic acids is 1. The summed E-state index contributed by atoms with van der Waals surface area (Å²) in [7, 11) is 2.56. The van der Waals surface area contributed by atoms with Gasteiger partial charge in [0.25, 0.3) is 0 Å². The van der Waals surface area contributed by atoms with E-state index in [0.717, 1.165) is 17.9 Å². The number of rotatable bonds is 0. The molecule has 0 aliphatic rings. The maximum absolute atomic E-state index is 13.0. The molecule has 0 saturated heterocycles. The Morgan fingerprint density at radius 2 is 2.43 bits per heavy atom. The van der Waals surface area contributed by atoms with E-state index in [1.165, 1.54) is 13.2 Å². The van der Waals surface area contributed by atoms with Crippen molar-refractivity contribution >= 4 is 6.09 Å². The molecular weight excluding hydrogens is 193 g/mol. The van der Waals surface area contributed by atoms with Gasteiger partial charge in [-0.2, -0.15) is 0 Å². The minimum Gasteiger partial charge on any atom is -0.503 e. The first-order valence-electron chi connectivity index (χ1n) is 3.64. The van der Waals surface area contributed by atoms with Crippen LogP contribution in [-0.4, -0.2) is 23.1 Å². The Morgan fingerprint density at radius 1 is 1.79 bits per heavy atom. The van der Waals surface area contributed by atoms with E-state index >= 15 is 0 Å². The second kappa shape index (κ2) is 3.86. The number of methoxy groups -OCH3 is 1. The number of aryl methyl sites for hydroxylation is 1. The van der Waals surface area contributed by atoms with Crippen molar-refractivity contribution in [1.82, 2.24) is 4.79 Å². The molecule has 0 saturated carbocycles. The summed E-state index contributed by atoms with van der Waals surface area (Å²) in [6.07, 6.45) is 1.07. The van der Waals surface area contributed by atoms with Gasteiger partial charge < -0.3 is 9.84 Å². The Hall–Kier alpha value is -1.92. The van der Waals surface area contributed by atoms with Crippen molar-refractivity contribution in [2.75, 3.05) is 7.11 Å². The van der Waals surface area contributed by atoms with Gasteiger partial charge in [0.05, 0.1) is 14.2 Å². The van der Waals surface area contributed by atoms with Gasteiger partial charge in [0.1, 0.15) is 12.4 Å². The highest BCUT2D eigenvalue weighted by Gasteiger charge is 2.11. The standard InChI is InChI=1S/C7H8FN3O3/c1-10-3-5(12)4-11(8)6(10)9-7(13)14-2/h3-4H,1-2H3/p+1. The van der Waals surface area contributed by atoms with Crippen LogP contribution in [0.15, 0.2) is 17.4 Å². The first-order valence-corrected chi connectivity index (χ1v) is 3.64. The van der Waals surface area contributed by atoms with Gasteiger partial charge in [0.15, 0.2) is 5.75 Å². The number of aromatic nitrogens is 2. The van der Waals surface area contributed by atoms with Crippen LogP contribution in [0.4, 0.5) is 9.28 Å². The highest BCUT2D eigenvalue weighted by molar-refractivity contribution is 5.67. The van der Waals surface area contributed by atoms with E-state index < -0.39 is 6.09 Å². The summed E-state index contributed by atoms with van der Waals surface area (Å²) in [5.41, 5.74) is -0.283. The fourth-order valence-electron chi connectivity index (χ4n) is 0.868. The number of aromatic hydroxyl groups is 1. The summed E-state index contributed by atoms with van der Waals surface area (Å²) in [5.74, 6) is -0.279. The van der Waals surface area contributed by atoms with Crippen LogP contribution in [0.2, 0.25) is 0 Å². The molecule has 7 heteroatoms. The lowest BCUT2D eigenvalue weighted by Crippen LogP contribution is -2.50. The van der Waals surface area contributed by atoms with Gasteiger partial charge in [-0.1, -0.05) is 0 Å². The molecule has 1 aromatic heterocycles. The largest absolute Gasteiger partial charge is 0.513 e. The van der Waals surface area contributed by atoms with Crippen molar-refractivity contribution < 1.29 is 23.7 Å². The predicted octanol–water partition coefficient (Wildman–Crippen LogP) is -0.582. The highest BCUT2D eigenvalue weighted by Crippen LogP contribution is 1.98. The van der Waals surface area contributed by atoms with Crippen LogP contribution in [0, 0.1) is 0 Å². The summed E-state index contributed by atoms with van der Waals surface area (Å²) < 4.78 is 18.4. The van der Waals surface area contributed by atoms with E-state index in [1.807, 2.05) is 0 Å². The molecule has 1 heterocycles. The van der Waals surface area contributed by atoms with Crippen molar-refractivity contribution in [3.05, 3.63) is 18.0 Å². The minimum atomic E-state index is -0.919. The Morgan fingerprint density at radius 3 is 2.93 bits per heavy atom. The van der Waals surface area contributed by atoms with Crippen LogP contribution in [0.25, 0.3) is 0 Å². The maximum Gasteiger partial charge on any atom is 0.513 e. The van der Waals surface area contributed by atoms with Crippen LogP contribution >= 0.6 is 0 Å². The zero-order chi connectivity index (χ0) is 10.7. The molecule has 0 radical (unpaired) electrons. The second-order valence-corrected chi connectivity index (χ2v) is 2.49. The van der Waals surface area contributed by atoms with Crippen LogP contribution in [-0.2, 0) is 11.8 Å². The molecule has 0 bridgehead atoms. The number of amides is 1. The highest BCUT2D eigenvalue weighted by atomic mass is 19.2. The Bertz CT molecular complexity index is 400. The summed E-state index contributed by atoms with van der Waals surface area (Å²) in [4.78, 5) is 14.0. The smallest absolute Gasteiger partial charge is 0.503 e. The molecule has 0 spiro atoms. The van der Waals surface area contributed by atoms with Gasteiger partial charge in [-0.25, -0.2) is 9.36 Å². The normalized spacial score (nSPS) is 11.5. The van der Waals surface area contributed by atoms with E-state index in [4.69, 9.17) is 5.11 Å². The molecule has 0 aliphatic carbocycles. The number of ether oxygens (including phenoxy) is 1. The summed E-state index contributed by atoms with van der Waals surface area (Å²) in [5, 5.41) is 8.97. The van der Waals surface area contributed by atoms with E-state index in [1.54, 1.807) is 0 Å². The number of hydrogen-bond donors (Lipinski definition) is 1. The van der Waals surface area contributed by atoms with Crippen molar-refractivity contribution in [2.24, 2.45) is 12.0 Å². The molecule has 14 heavy (non-hydrogen) atoms. The third-order valence-corrected chi connectivity index (χ3v) is 1.44. The molecule has 1 aromatic rings. The minimum absolute atomic E-state index is 0.0201. The van der Waals surface area contributed by atoms with Crippen LogP contribution in [0.1, 0.15) is 0 Å². The molecule has 1 amide bonds. The topological polar surface area (TPSA) is 67.7 Å². The Kier molecular flexibility index (Phi) is 2.80. The van der Waals surface area contributed by atoms with Gasteiger partial charge >= 0.3 is 11.7 Å². The first kappa shape index (κ1) is 10.2. The first-order chi connectivity index (χ1) is 6.54. The van der Waals surface area contributed by atoms with E-state index in [0.29, 0.717) is 0 Å². The monoisotopic (exact) mass is 202 g/mol. The molecule has 0 aromatic carbocycles. The average Bonchev–Trinajstić information content (AvgIpc) is 2.10. The lowest BCUT2D eigenvalue weighted by Gasteiger charge is -1.94. The zero-order valence-corrected chi connectivity index (χ0v) is 7.64. The second-order valence-electron chi connectivity index (χ2n) is 2.49. The van der Waals surface area contributed by atoms with E-state index in [-0.39, 0.29) is 16.2 Å². The summed E-state index contributed by atoms with van der Waals surface area (Å²) in [6.45, 7) is 0. The number of nitrogens with zero attached hydrogens (tertiary/aromatic N) is 3. The summed E-state index contributed by atoms with van der Waals surface area (Å²) >= 11 is 0. The molecular formula is C7H9FN3O3+. The van der Waals surface area contributed by atoms with Crippen LogP contribution in [0.3, 0.4) is 0 Å². The molecule has 0 unspecified atom stereocenters. The van der Waals surface area contributed by atoms with Gasteiger partial charge in [-0.15, -0.1) is 0 Å². The lowest BCUT2D eigenvalue weighted by molar-refractivity contribution is -0.694. The fraction of sp³-hybridized carbons (Fsp3) is 0.286. The third kappa shape index (κ3) is 2.06. The maximum atomic E-state index is 13.0. The van der Waals surface area contributed by atoms with E-state index in [9.17, 15) is 9.28 Å². The lowest BCUT2D eigenvalue weighted by atomic mass is 10.6. The van der Waals surface area contributed by atoms with Crippen molar-refractivity contribution in [2.45, 2.75) is 0 Å². The third-order valence-electron chi connectivity index (χ3n) is 1.44. The van der Waals surface area contributed by atoms with E-state index in [2.05, 4.69) is 9.73 Å². The molecule has 76 valence electrons. The SMILES string of the molecule is COC(=O)N=c1n(F)cc(O)c[n+]1C. The zero-order valence-electron chi connectivity index (χ0n) is 7.64. The molecule has 0 aliphatic heterocycles. The molecule has 0 atom stereocenters. The summed E-state index contributed by atoms with van der Waals surface area (Å²) in [6, 6.07) is 0. The molecule has 0 fully saturated rings. The Labute approximate surface area is 78.5 Å². The van der Waals surface area contributed by atoms with Crippen molar-refractivity contribution in [3.63, 3.8) is 0 Å². The molecule has 6 nitrogen and oxygen atoms in total. The van der Waals surface area contributed by atoms with Crippen molar-refractivity contribution in [1.29, 1.82) is 0 Å². The van der Waals surface area contributed by atoms with Crippen LogP contribution in [0.5, 0.6) is 5.75 Å². The molecule has 1 rings (SSSR count). The van der Waals surface area contributed by atoms with Gasteiger partial charge in [0, 0.05) is 4.99 Å². The number of halogens is 1. The quantitative estimate of drug-likeness (QED) is 0.572.